The summed E-state index contributed by atoms with van der Waals surface area (Å²) in [6.45, 7) is 4.90. The van der Waals surface area contributed by atoms with E-state index in [1.165, 1.54) is 24.0 Å². The average Bonchev–Trinajstić information content (AvgIpc) is 3.07. The minimum Gasteiger partial charge on any atom is -0.341 e. The number of nitrogens with one attached hydrogen (secondary N) is 1. The van der Waals surface area contributed by atoms with Crippen LogP contribution in [0.1, 0.15) is 30.3 Å². The minimum absolute atomic E-state index is 0. The number of nitrogens with zero attached hydrogens (tertiary/aromatic N) is 2. The summed E-state index contributed by atoms with van der Waals surface area (Å²) in [5.74, 6) is 1.08. The summed E-state index contributed by atoms with van der Waals surface area (Å²) >= 11 is 0. The average molecular weight is 307 g/mol. The van der Waals surface area contributed by atoms with E-state index >= 15 is 0 Å². The molecule has 0 saturated carbocycles. The number of hydrogen-bond acceptors (Lipinski definition) is 3. The molecule has 5 heteroatoms. The topological polar surface area (TPSA) is 57.9 Å². The van der Waals surface area contributed by atoms with Crippen molar-refractivity contribution in [3.8, 4) is 11.3 Å². The molecule has 1 atom stereocenters. The van der Waals surface area contributed by atoms with Crippen molar-refractivity contribution in [3.63, 3.8) is 0 Å². The molecule has 0 spiro atoms. The summed E-state index contributed by atoms with van der Waals surface area (Å²) in [5, 5.41) is 0. The molecule has 1 fully saturated rings. The van der Waals surface area contributed by atoms with Gasteiger partial charge in [-0.1, -0.05) is 23.8 Å². The van der Waals surface area contributed by atoms with Crippen LogP contribution in [0, 0.1) is 6.92 Å². The lowest BCUT2D eigenvalue weighted by Gasteiger charge is -2.21. The van der Waals surface area contributed by atoms with Crippen LogP contribution in [0.2, 0.25) is 0 Å². The molecule has 1 unspecified atom stereocenters. The second-order valence-corrected chi connectivity index (χ2v) is 5.53. The van der Waals surface area contributed by atoms with E-state index in [2.05, 4.69) is 46.1 Å². The monoisotopic (exact) mass is 306 g/mol. The van der Waals surface area contributed by atoms with Crippen molar-refractivity contribution in [2.24, 2.45) is 5.73 Å². The first-order valence-corrected chi connectivity index (χ1v) is 7.34. The molecule has 1 aromatic carbocycles. The number of rotatable bonds is 4. The zero-order chi connectivity index (χ0) is 13.9. The molecule has 1 aliphatic rings. The van der Waals surface area contributed by atoms with E-state index < -0.39 is 0 Å². The Morgan fingerprint density at radius 1 is 1.43 bits per heavy atom. The quantitative estimate of drug-likeness (QED) is 0.913. The van der Waals surface area contributed by atoms with Gasteiger partial charge in [-0.3, -0.25) is 4.90 Å². The Labute approximate surface area is 132 Å². The van der Waals surface area contributed by atoms with Gasteiger partial charge in [-0.2, -0.15) is 0 Å². The third-order valence-corrected chi connectivity index (χ3v) is 4.02. The van der Waals surface area contributed by atoms with Gasteiger partial charge in [0.2, 0.25) is 0 Å². The van der Waals surface area contributed by atoms with E-state index in [9.17, 15) is 0 Å². The van der Waals surface area contributed by atoms with Crippen molar-refractivity contribution >= 4 is 12.4 Å². The highest BCUT2D eigenvalue weighted by Gasteiger charge is 2.27. The van der Waals surface area contributed by atoms with Crippen LogP contribution < -0.4 is 5.73 Å². The predicted molar refractivity (Wildman–Crippen MR) is 88.6 cm³/mol. The molecule has 114 valence electrons. The summed E-state index contributed by atoms with van der Waals surface area (Å²) in [4.78, 5) is 10.5. The fraction of sp³-hybridized carbons (Fsp3) is 0.438. The van der Waals surface area contributed by atoms with E-state index in [4.69, 9.17) is 5.73 Å². The highest BCUT2D eigenvalue weighted by molar-refractivity contribution is 5.85. The Bertz CT molecular complexity index is 581. The van der Waals surface area contributed by atoms with Crippen molar-refractivity contribution in [3.05, 3.63) is 41.9 Å². The Morgan fingerprint density at radius 2 is 2.29 bits per heavy atom. The molecule has 21 heavy (non-hydrogen) atoms. The Morgan fingerprint density at radius 3 is 3.05 bits per heavy atom. The van der Waals surface area contributed by atoms with Crippen molar-refractivity contribution in [2.75, 3.05) is 19.6 Å². The van der Waals surface area contributed by atoms with Gasteiger partial charge in [-0.25, -0.2) is 4.98 Å². The molecule has 2 heterocycles. The molecule has 3 N–H and O–H groups in total. The maximum atomic E-state index is 5.69. The first-order chi connectivity index (χ1) is 9.78. The summed E-state index contributed by atoms with van der Waals surface area (Å²) in [6, 6.07) is 8.90. The zero-order valence-corrected chi connectivity index (χ0v) is 13.2. The van der Waals surface area contributed by atoms with Gasteiger partial charge in [0.05, 0.1) is 17.9 Å². The fourth-order valence-electron chi connectivity index (χ4n) is 3.03. The van der Waals surface area contributed by atoms with Crippen LogP contribution in [0.5, 0.6) is 0 Å². The van der Waals surface area contributed by atoms with Crippen molar-refractivity contribution in [2.45, 2.75) is 25.8 Å². The molecular formula is C16H23ClN4. The number of aromatic nitrogens is 2. The first kappa shape index (κ1) is 16.0. The minimum atomic E-state index is 0. The Balaban J connectivity index is 0.00000161. The number of halogens is 1. The second kappa shape index (κ2) is 7.07. The van der Waals surface area contributed by atoms with Crippen molar-refractivity contribution in [1.29, 1.82) is 0 Å². The van der Waals surface area contributed by atoms with Gasteiger partial charge in [0.15, 0.2) is 0 Å². The normalized spacial score (nSPS) is 18.7. The SMILES string of the molecule is Cc1cccc(-c2cnc(C3CCCN3CCN)[nH]2)c1.Cl. The van der Waals surface area contributed by atoms with E-state index in [1.54, 1.807) is 0 Å². The number of imidazole rings is 1. The lowest BCUT2D eigenvalue weighted by molar-refractivity contribution is 0.256. The van der Waals surface area contributed by atoms with Gasteiger partial charge < -0.3 is 10.7 Å². The lowest BCUT2D eigenvalue weighted by Crippen LogP contribution is -2.29. The molecule has 4 nitrogen and oxygen atoms in total. The van der Waals surface area contributed by atoms with Crippen LogP contribution >= 0.6 is 12.4 Å². The number of aryl methyl sites for hydroxylation is 1. The van der Waals surface area contributed by atoms with Crippen LogP contribution in [-0.2, 0) is 0 Å². The number of benzene rings is 1. The third-order valence-electron chi connectivity index (χ3n) is 4.02. The lowest BCUT2D eigenvalue weighted by atomic mass is 10.1. The zero-order valence-electron chi connectivity index (χ0n) is 12.4. The number of likely N-dealkylation sites (tertiary alicyclic amines) is 1. The van der Waals surface area contributed by atoms with Crippen LogP contribution in [0.15, 0.2) is 30.5 Å². The Kier molecular flexibility index (Phi) is 5.39. The molecule has 0 bridgehead atoms. The van der Waals surface area contributed by atoms with Gasteiger partial charge in [-0.15, -0.1) is 12.4 Å². The summed E-state index contributed by atoms with van der Waals surface area (Å²) in [7, 11) is 0. The molecular weight excluding hydrogens is 284 g/mol. The number of nitrogens with two attached hydrogens (primary N) is 1. The largest absolute Gasteiger partial charge is 0.341 e. The standard InChI is InChI=1S/C16H22N4.ClH/c1-12-4-2-5-13(10-12)14-11-18-16(19-14)15-6-3-8-20(15)9-7-17;/h2,4-5,10-11,15H,3,6-9,17H2,1H3,(H,18,19);1H. The van der Waals surface area contributed by atoms with Crippen molar-refractivity contribution < 1.29 is 0 Å². The van der Waals surface area contributed by atoms with E-state index in [1.807, 2.05) is 6.20 Å². The predicted octanol–water partition coefficient (Wildman–Crippen LogP) is 2.90. The summed E-state index contributed by atoms with van der Waals surface area (Å²) in [5.41, 5.74) is 9.26. The molecule has 0 radical (unpaired) electrons. The van der Waals surface area contributed by atoms with E-state index in [-0.39, 0.29) is 12.4 Å². The number of hydrogen-bond donors (Lipinski definition) is 2. The van der Waals surface area contributed by atoms with E-state index in [0.29, 0.717) is 12.6 Å². The fourth-order valence-corrected chi connectivity index (χ4v) is 3.03. The van der Waals surface area contributed by atoms with Gasteiger partial charge in [0.1, 0.15) is 5.82 Å². The van der Waals surface area contributed by atoms with Gasteiger partial charge in [0.25, 0.3) is 0 Å². The van der Waals surface area contributed by atoms with Gasteiger partial charge in [-0.05, 0) is 37.9 Å². The Hall–Kier alpha value is -1.36. The number of H-pyrrole nitrogens is 1. The van der Waals surface area contributed by atoms with Gasteiger partial charge in [0, 0.05) is 13.1 Å². The summed E-state index contributed by atoms with van der Waals surface area (Å²) in [6.07, 6.45) is 4.34. The third kappa shape index (κ3) is 3.46. The van der Waals surface area contributed by atoms with Gasteiger partial charge >= 0.3 is 0 Å². The smallest absolute Gasteiger partial charge is 0.123 e. The summed E-state index contributed by atoms with van der Waals surface area (Å²) < 4.78 is 0. The second-order valence-electron chi connectivity index (χ2n) is 5.53. The molecule has 3 rings (SSSR count). The van der Waals surface area contributed by atoms with Crippen LogP contribution in [-0.4, -0.2) is 34.5 Å². The molecule has 1 saturated heterocycles. The highest BCUT2D eigenvalue weighted by atomic mass is 35.5. The highest BCUT2D eigenvalue weighted by Crippen LogP contribution is 2.30. The molecule has 0 amide bonds. The van der Waals surface area contributed by atoms with Crippen molar-refractivity contribution in [1.82, 2.24) is 14.9 Å². The molecule has 2 aromatic rings. The van der Waals surface area contributed by atoms with Crippen LogP contribution in [0.25, 0.3) is 11.3 Å². The maximum Gasteiger partial charge on any atom is 0.123 e. The molecule has 0 aliphatic carbocycles. The van der Waals surface area contributed by atoms with Crippen LogP contribution in [0.4, 0.5) is 0 Å². The maximum absolute atomic E-state index is 5.69. The van der Waals surface area contributed by atoms with E-state index in [0.717, 1.165) is 24.6 Å². The molecule has 1 aliphatic heterocycles. The molecule has 1 aromatic heterocycles. The van der Waals surface area contributed by atoms with Crippen LogP contribution in [0.3, 0.4) is 0 Å². The number of aromatic amines is 1. The first-order valence-electron chi connectivity index (χ1n) is 7.34.